The highest BCUT2D eigenvalue weighted by atomic mass is 32.2. The zero-order chi connectivity index (χ0) is 11.9. The molecule has 0 spiro atoms. The van der Waals surface area contributed by atoms with Gasteiger partial charge in [-0.05, 0) is 0 Å². The van der Waals surface area contributed by atoms with Gasteiger partial charge < -0.3 is 9.47 Å². The Hall–Kier alpha value is 0.1000. The summed E-state index contributed by atoms with van der Waals surface area (Å²) in [6.07, 6.45) is 3.82. The van der Waals surface area contributed by atoms with E-state index in [4.69, 9.17) is 9.47 Å². The lowest BCUT2D eigenvalue weighted by Crippen LogP contribution is -2.08. The van der Waals surface area contributed by atoms with Crippen molar-refractivity contribution in [2.75, 3.05) is 49.4 Å². The van der Waals surface area contributed by atoms with Crippen molar-refractivity contribution in [1.82, 2.24) is 0 Å². The SMILES string of the molecule is C=CCSCCOCCOCCSCC=C. The second-order valence-electron chi connectivity index (χ2n) is 2.95. The highest BCUT2D eigenvalue weighted by molar-refractivity contribution is 7.99. The molecule has 0 N–H and O–H groups in total. The van der Waals surface area contributed by atoms with Gasteiger partial charge in [0, 0.05) is 23.0 Å². The van der Waals surface area contributed by atoms with Crippen LogP contribution in [0.2, 0.25) is 0 Å². The summed E-state index contributed by atoms with van der Waals surface area (Å²) in [6, 6.07) is 0. The minimum Gasteiger partial charge on any atom is -0.378 e. The van der Waals surface area contributed by atoms with Gasteiger partial charge in [-0.1, -0.05) is 12.2 Å². The van der Waals surface area contributed by atoms with Crippen LogP contribution >= 0.6 is 23.5 Å². The first-order chi connectivity index (χ1) is 7.91. The molecule has 94 valence electrons. The fourth-order valence-corrected chi connectivity index (χ4v) is 2.03. The van der Waals surface area contributed by atoms with Gasteiger partial charge in [-0.25, -0.2) is 0 Å². The van der Waals surface area contributed by atoms with Crippen LogP contribution in [0.15, 0.2) is 25.3 Å². The van der Waals surface area contributed by atoms with E-state index >= 15 is 0 Å². The molecule has 0 radical (unpaired) electrons. The van der Waals surface area contributed by atoms with Crippen LogP contribution < -0.4 is 0 Å². The second kappa shape index (κ2) is 15.1. The third-order valence-corrected chi connectivity index (χ3v) is 3.44. The number of hydrogen-bond donors (Lipinski definition) is 0. The first-order valence-corrected chi connectivity index (χ1v) is 7.75. The van der Waals surface area contributed by atoms with Crippen LogP contribution in [0.4, 0.5) is 0 Å². The van der Waals surface area contributed by atoms with Gasteiger partial charge in [-0.15, -0.1) is 13.2 Å². The third kappa shape index (κ3) is 14.1. The maximum Gasteiger partial charge on any atom is 0.0700 e. The van der Waals surface area contributed by atoms with Crippen molar-refractivity contribution < 1.29 is 9.47 Å². The molecule has 0 bridgehead atoms. The molecule has 0 aliphatic heterocycles. The standard InChI is InChI=1S/C12H22O2S2/c1-3-9-15-11-7-13-5-6-14-8-12-16-10-4-2/h3-4H,1-2,5-12H2. The Morgan fingerprint density at radius 2 is 1.19 bits per heavy atom. The molecule has 0 atom stereocenters. The van der Waals surface area contributed by atoms with Crippen LogP contribution in [-0.2, 0) is 9.47 Å². The first-order valence-electron chi connectivity index (χ1n) is 5.44. The van der Waals surface area contributed by atoms with Crippen molar-refractivity contribution in [3.63, 3.8) is 0 Å². The molecule has 0 aromatic carbocycles. The lowest BCUT2D eigenvalue weighted by molar-refractivity contribution is 0.0605. The van der Waals surface area contributed by atoms with Crippen molar-refractivity contribution in [3.05, 3.63) is 25.3 Å². The molecule has 0 saturated carbocycles. The quantitative estimate of drug-likeness (QED) is 0.375. The lowest BCUT2D eigenvalue weighted by Gasteiger charge is -2.05. The molecule has 16 heavy (non-hydrogen) atoms. The summed E-state index contributed by atoms with van der Waals surface area (Å²) < 4.78 is 10.8. The highest BCUT2D eigenvalue weighted by Gasteiger charge is 1.91. The summed E-state index contributed by atoms with van der Waals surface area (Å²) in [4.78, 5) is 0. The fourth-order valence-electron chi connectivity index (χ4n) is 0.891. The van der Waals surface area contributed by atoms with Crippen LogP contribution in [0.1, 0.15) is 0 Å². The molecule has 0 saturated heterocycles. The van der Waals surface area contributed by atoms with Crippen LogP contribution in [-0.4, -0.2) is 49.4 Å². The van der Waals surface area contributed by atoms with Crippen molar-refractivity contribution in [1.29, 1.82) is 0 Å². The fraction of sp³-hybridized carbons (Fsp3) is 0.667. The molecular formula is C12H22O2S2. The smallest absolute Gasteiger partial charge is 0.0700 e. The average Bonchev–Trinajstić information content (AvgIpc) is 2.31. The monoisotopic (exact) mass is 262 g/mol. The molecule has 0 aromatic rings. The van der Waals surface area contributed by atoms with Gasteiger partial charge in [0.15, 0.2) is 0 Å². The Kier molecular flexibility index (Phi) is 15.2. The molecule has 0 unspecified atom stereocenters. The predicted molar refractivity (Wildman–Crippen MR) is 76.7 cm³/mol. The van der Waals surface area contributed by atoms with E-state index in [0.29, 0.717) is 13.2 Å². The minimum atomic E-state index is 0.695. The van der Waals surface area contributed by atoms with E-state index in [9.17, 15) is 0 Å². The predicted octanol–water partition coefficient (Wildman–Crippen LogP) is 2.86. The van der Waals surface area contributed by atoms with E-state index in [1.807, 2.05) is 35.7 Å². The normalized spacial score (nSPS) is 10.2. The molecule has 0 heterocycles. The number of rotatable bonds is 13. The van der Waals surface area contributed by atoms with Gasteiger partial charge in [-0.2, -0.15) is 23.5 Å². The summed E-state index contributed by atoms with van der Waals surface area (Å²) >= 11 is 3.67. The van der Waals surface area contributed by atoms with Crippen LogP contribution in [0.25, 0.3) is 0 Å². The van der Waals surface area contributed by atoms with Crippen molar-refractivity contribution in [2.45, 2.75) is 0 Å². The summed E-state index contributed by atoms with van der Waals surface area (Å²) in [6.45, 7) is 10.3. The molecule has 0 aromatic heterocycles. The lowest BCUT2D eigenvalue weighted by atomic mass is 10.7. The maximum absolute atomic E-state index is 5.40. The number of hydrogen-bond acceptors (Lipinski definition) is 4. The second-order valence-corrected chi connectivity index (χ2v) is 5.25. The molecular weight excluding hydrogens is 240 g/mol. The first kappa shape index (κ1) is 16.1. The van der Waals surface area contributed by atoms with E-state index in [1.54, 1.807) is 0 Å². The molecule has 0 amide bonds. The van der Waals surface area contributed by atoms with Gasteiger partial charge >= 0.3 is 0 Å². The van der Waals surface area contributed by atoms with Crippen LogP contribution in [0.3, 0.4) is 0 Å². The molecule has 4 heteroatoms. The van der Waals surface area contributed by atoms with Gasteiger partial charge in [0.25, 0.3) is 0 Å². The van der Waals surface area contributed by atoms with Crippen molar-refractivity contribution in [3.8, 4) is 0 Å². The van der Waals surface area contributed by atoms with E-state index in [0.717, 1.165) is 36.2 Å². The number of ether oxygens (including phenoxy) is 2. The minimum absolute atomic E-state index is 0.695. The summed E-state index contributed by atoms with van der Waals surface area (Å²) in [5.74, 6) is 4.06. The molecule has 0 fully saturated rings. The topological polar surface area (TPSA) is 18.5 Å². The molecule has 0 rings (SSSR count). The van der Waals surface area contributed by atoms with Crippen molar-refractivity contribution >= 4 is 23.5 Å². The zero-order valence-electron chi connectivity index (χ0n) is 9.86. The molecule has 0 aliphatic carbocycles. The summed E-state index contributed by atoms with van der Waals surface area (Å²) in [5.41, 5.74) is 0. The van der Waals surface area contributed by atoms with E-state index in [1.165, 1.54) is 0 Å². The van der Waals surface area contributed by atoms with E-state index < -0.39 is 0 Å². The zero-order valence-corrected chi connectivity index (χ0v) is 11.5. The Labute approximate surface area is 108 Å². The Morgan fingerprint density at radius 1 is 0.750 bits per heavy atom. The van der Waals surface area contributed by atoms with E-state index in [-0.39, 0.29) is 0 Å². The van der Waals surface area contributed by atoms with Crippen LogP contribution in [0.5, 0.6) is 0 Å². The molecule has 0 aliphatic rings. The van der Waals surface area contributed by atoms with Gasteiger partial charge in [-0.3, -0.25) is 0 Å². The summed E-state index contributed by atoms with van der Waals surface area (Å²) in [5, 5.41) is 0. The average molecular weight is 262 g/mol. The number of thioether (sulfide) groups is 2. The van der Waals surface area contributed by atoms with E-state index in [2.05, 4.69) is 13.2 Å². The van der Waals surface area contributed by atoms with Crippen LogP contribution in [0, 0.1) is 0 Å². The summed E-state index contributed by atoms with van der Waals surface area (Å²) in [7, 11) is 0. The Bertz CT molecular complexity index is 145. The Morgan fingerprint density at radius 3 is 1.56 bits per heavy atom. The maximum atomic E-state index is 5.40. The van der Waals surface area contributed by atoms with Crippen molar-refractivity contribution in [2.24, 2.45) is 0 Å². The highest BCUT2D eigenvalue weighted by Crippen LogP contribution is 1.99. The van der Waals surface area contributed by atoms with Gasteiger partial charge in [0.2, 0.25) is 0 Å². The molecule has 2 nitrogen and oxygen atoms in total. The van der Waals surface area contributed by atoms with Gasteiger partial charge in [0.1, 0.15) is 0 Å². The Balaban J connectivity index is 2.87. The largest absolute Gasteiger partial charge is 0.378 e. The van der Waals surface area contributed by atoms with Gasteiger partial charge in [0.05, 0.1) is 26.4 Å². The third-order valence-electron chi connectivity index (χ3n) is 1.59.